The molecule has 0 radical (unpaired) electrons. The van der Waals surface area contributed by atoms with E-state index in [1.807, 2.05) is 18.2 Å². The van der Waals surface area contributed by atoms with Gasteiger partial charge in [0, 0.05) is 13.2 Å². The lowest BCUT2D eigenvalue weighted by atomic mass is 9.97. The average molecular weight is 371 g/mol. The van der Waals surface area contributed by atoms with Crippen molar-refractivity contribution in [2.24, 2.45) is 5.92 Å². The number of fused-ring (bicyclic) bond motifs is 1. The van der Waals surface area contributed by atoms with Crippen molar-refractivity contribution >= 4 is 22.7 Å². The Morgan fingerprint density at radius 3 is 2.74 bits per heavy atom. The van der Waals surface area contributed by atoms with E-state index in [2.05, 4.69) is 14.9 Å². The Hall–Kier alpha value is -2.12. The molecule has 7 nitrogen and oxygen atoms in total. The van der Waals surface area contributed by atoms with Crippen LogP contribution >= 0.6 is 0 Å². The highest BCUT2D eigenvalue weighted by molar-refractivity contribution is 5.94. The second-order valence-corrected chi connectivity index (χ2v) is 7.66. The van der Waals surface area contributed by atoms with Gasteiger partial charge in [0.25, 0.3) is 0 Å². The third-order valence-electron chi connectivity index (χ3n) is 5.65. The molecule has 2 aliphatic rings. The first kappa shape index (κ1) is 18.3. The Kier molecular flexibility index (Phi) is 5.59. The number of likely N-dealkylation sites (tertiary alicyclic amines) is 1. The van der Waals surface area contributed by atoms with Crippen LogP contribution in [0.4, 0.5) is 11.8 Å². The molecule has 146 valence electrons. The highest BCUT2D eigenvalue weighted by atomic mass is 16.5. The molecule has 1 aromatic heterocycles. The van der Waals surface area contributed by atoms with E-state index in [-0.39, 0.29) is 5.95 Å². The molecular weight excluding hydrogens is 342 g/mol. The second-order valence-electron chi connectivity index (χ2n) is 7.66. The van der Waals surface area contributed by atoms with Crippen LogP contribution < -0.4 is 16.2 Å². The summed E-state index contributed by atoms with van der Waals surface area (Å²) in [7, 11) is 0. The number of hydrogen-bond acceptors (Lipinski definition) is 7. The van der Waals surface area contributed by atoms with Gasteiger partial charge in [0.05, 0.1) is 23.6 Å². The molecule has 0 aliphatic carbocycles. The Morgan fingerprint density at radius 2 is 1.96 bits per heavy atom. The molecule has 2 aliphatic heterocycles. The summed E-state index contributed by atoms with van der Waals surface area (Å²) in [5, 5.41) is 0.749. The van der Waals surface area contributed by atoms with Crippen LogP contribution in [0.3, 0.4) is 0 Å². The van der Waals surface area contributed by atoms with Gasteiger partial charge in [0.15, 0.2) is 0 Å². The zero-order valence-corrected chi connectivity index (χ0v) is 15.8. The zero-order chi connectivity index (χ0) is 18.6. The van der Waals surface area contributed by atoms with E-state index in [1.54, 1.807) is 0 Å². The van der Waals surface area contributed by atoms with Crippen molar-refractivity contribution in [3.8, 4) is 5.75 Å². The molecule has 0 amide bonds. The number of nitrogens with zero attached hydrogens (tertiary/aromatic N) is 3. The maximum Gasteiger partial charge on any atom is 0.222 e. The second kappa shape index (κ2) is 8.27. The first-order chi connectivity index (χ1) is 13.2. The molecule has 0 spiro atoms. The van der Waals surface area contributed by atoms with Crippen molar-refractivity contribution in [1.82, 2.24) is 14.9 Å². The van der Waals surface area contributed by atoms with Crippen molar-refractivity contribution < 1.29 is 9.47 Å². The van der Waals surface area contributed by atoms with Crippen LogP contribution in [-0.2, 0) is 4.74 Å². The van der Waals surface area contributed by atoms with Crippen LogP contribution in [0.15, 0.2) is 18.2 Å². The minimum absolute atomic E-state index is 0.187. The summed E-state index contributed by atoms with van der Waals surface area (Å²) >= 11 is 0. The van der Waals surface area contributed by atoms with Crippen molar-refractivity contribution in [2.75, 3.05) is 44.3 Å². The van der Waals surface area contributed by atoms with Crippen LogP contribution in [0.5, 0.6) is 5.75 Å². The van der Waals surface area contributed by atoms with E-state index < -0.39 is 0 Å². The van der Waals surface area contributed by atoms with Crippen molar-refractivity contribution in [3.05, 3.63) is 18.2 Å². The lowest BCUT2D eigenvalue weighted by Crippen LogP contribution is -2.41. The van der Waals surface area contributed by atoms with E-state index in [0.717, 1.165) is 55.7 Å². The number of nitrogen functional groups attached to an aromatic ring is 2. The van der Waals surface area contributed by atoms with Gasteiger partial charge in [0.1, 0.15) is 11.6 Å². The van der Waals surface area contributed by atoms with E-state index >= 15 is 0 Å². The maximum absolute atomic E-state index is 6.12. The molecule has 1 atom stereocenters. The van der Waals surface area contributed by atoms with Crippen LogP contribution in [0.1, 0.15) is 32.1 Å². The van der Waals surface area contributed by atoms with Crippen molar-refractivity contribution in [1.29, 1.82) is 0 Å². The lowest BCUT2D eigenvalue weighted by molar-refractivity contribution is -0.0125. The van der Waals surface area contributed by atoms with Crippen LogP contribution in [0.25, 0.3) is 10.9 Å². The summed E-state index contributed by atoms with van der Waals surface area (Å²) in [5.74, 6) is 1.85. The zero-order valence-electron chi connectivity index (χ0n) is 15.8. The highest BCUT2D eigenvalue weighted by Crippen LogP contribution is 2.30. The number of nitrogens with two attached hydrogens (primary N) is 2. The third kappa shape index (κ3) is 4.42. The molecule has 3 heterocycles. The van der Waals surface area contributed by atoms with Gasteiger partial charge >= 0.3 is 0 Å². The molecule has 1 aromatic carbocycles. The molecule has 0 bridgehead atoms. The standard InChI is InChI=1S/C20H29N5O2/c21-19-18-16(23-20(22)24-19)5-3-6-17(18)27-13-14-7-9-25(10-8-14)12-15-4-1-2-11-26-15/h3,5-6,14-15H,1-2,4,7-13H2,(H4,21,22,23,24). The number of aromatic nitrogens is 2. The van der Waals surface area contributed by atoms with Crippen molar-refractivity contribution in [2.45, 2.75) is 38.2 Å². The molecule has 1 unspecified atom stereocenters. The summed E-state index contributed by atoms with van der Waals surface area (Å²) in [4.78, 5) is 10.9. The van der Waals surface area contributed by atoms with E-state index in [1.165, 1.54) is 19.3 Å². The molecule has 4 N–H and O–H groups in total. The number of ether oxygens (including phenoxy) is 2. The molecule has 2 fully saturated rings. The van der Waals surface area contributed by atoms with Gasteiger partial charge in [0.2, 0.25) is 5.95 Å². The molecule has 27 heavy (non-hydrogen) atoms. The monoisotopic (exact) mass is 371 g/mol. The van der Waals surface area contributed by atoms with Crippen molar-refractivity contribution in [3.63, 3.8) is 0 Å². The third-order valence-corrected chi connectivity index (χ3v) is 5.65. The SMILES string of the molecule is Nc1nc(N)c2c(OCC3CCN(CC4CCCCO4)CC3)cccc2n1. The predicted octanol–water partition coefficient (Wildman–Crippen LogP) is 2.45. The summed E-state index contributed by atoms with van der Waals surface area (Å²) < 4.78 is 12.0. The van der Waals surface area contributed by atoms with Gasteiger partial charge in [-0.05, 0) is 63.2 Å². The Morgan fingerprint density at radius 1 is 1.11 bits per heavy atom. The maximum atomic E-state index is 6.12. The summed E-state index contributed by atoms with van der Waals surface area (Å²) in [5.41, 5.74) is 12.5. The molecule has 0 saturated carbocycles. The van der Waals surface area contributed by atoms with Gasteiger partial charge in [-0.2, -0.15) is 4.98 Å². The van der Waals surface area contributed by atoms with Gasteiger partial charge in [-0.15, -0.1) is 0 Å². The van der Waals surface area contributed by atoms with Crippen LogP contribution in [0, 0.1) is 5.92 Å². The summed E-state index contributed by atoms with van der Waals surface area (Å²) in [6.45, 7) is 4.93. The van der Waals surface area contributed by atoms with Gasteiger partial charge < -0.3 is 25.8 Å². The lowest BCUT2D eigenvalue weighted by Gasteiger charge is -2.35. The number of piperidine rings is 1. The first-order valence-corrected chi connectivity index (χ1v) is 9.97. The molecule has 7 heteroatoms. The fourth-order valence-electron chi connectivity index (χ4n) is 4.10. The Bertz CT molecular complexity index is 770. The molecule has 2 saturated heterocycles. The first-order valence-electron chi connectivity index (χ1n) is 9.97. The van der Waals surface area contributed by atoms with E-state index in [0.29, 0.717) is 24.4 Å². The Labute approximate surface area is 160 Å². The fraction of sp³-hybridized carbons (Fsp3) is 0.600. The smallest absolute Gasteiger partial charge is 0.222 e. The van der Waals surface area contributed by atoms with Gasteiger partial charge in [-0.3, -0.25) is 0 Å². The van der Waals surface area contributed by atoms with Crippen LogP contribution in [-0.4, -0.2) is 53.8 Å². The average Bonchev–Trinajstić information content (AvgIpc) is 2.68. The molecule has 4 rings (SSSR count). The van der Waals surface area contributed by atoms with E-state index in [9.17, 15) is 0 Å². The number of hydrogen-bond donors (Lipinski definition) is 2. The predicted molar refractivity (Wildman–Crippen MR) is 107 cm³/mol. The van der Waals surface area contributed by atoms with Gasteiger partial charge in [-0.1, -0.05) is 6.07 Å². The molecular formula is C20H29N5O2. The van der Waals surface area contributed by atoms with Gasteiger partial charge in [-0.25, -0.2) is 4.98 Å². The number of anilines is 2. The fourth-order valence-corrected chi connectivity index (χ4v) is 4.10. The quantitative estimate of drug-likeness (QED) is 0.833. The summed E-state index contributed by atoms with van der Waals surface area (Å²) in [6, 6.07) is 5.71. The molecule has 2 aromatic rings. The number of benzene rings is 1. The topological polar surface area (TPSA) is 99.5 Å². The van der Waals surface area contributed by atoms with Crippen LogP contribution in [0.2, 0.25) is 0 Å². The normalized spacial score (nSPS) is 22.1. The van der Waals surface area contributed by atoms with E-state index in [4.69, 9.17) is 20.9 Å². The highest BCUT2D eigenvalue weighted by Gasteiger charge is 2.24. The minimum atomic E-state index is 0.187. The Balaban J connectivity index is 1.31. The largest absolute Gasteiger partial charge is 0.492 e. The minimum Gasteiger partial charge on any atom is -0.492 e. The summed E-state index contributed by atoms with van der Waals surface area (Å²) in [6.07, 6.45) is 6.45. The number of rotatable bonds is 5.